The summed E-state index contributed by atoms with van der Waals surface area (Å²) in [6.45, 7) is 7.22. The number of nitrogens with zero attached hydrogens (tertiary/aromatic N) is 5. The summed E-state index contributed by atoms with van der Waals surface area (Å²) >= 11 is 0. The minimum absolute atomic E-state index is 0.280. The molecule has 1 aromatic heterocycles. The van der Waals surface area contributed by atoms with Gasteiger partial charge in [0.2, 0.25) is 0 Å². The highest BCUT2D eigenvalue weighted by Gasteiger charge is 2.50. The third-order valence-corrected chi connectivity index (χ3v) is 10.1. The van der Waals surface area contributed by atoms with Gasteiger partial charge in [-0.3, -0.25) is 4.90 Å². The molecular weight excluding hydrogens is 523 g/mol. The second-order valence-corrected chi connectivity index (χ2v) is 12.6. The number of nitrogens with two attached hydrogens (primary N) is 1. The lowest BCUT2D eigenvalue weighted by Gasteiger charge is -2.45. The first-order valence-electron chi connectivity index (χ1n) is 15.1. The number of nitrogen functional groups attached to an aromatic ring is 1. The summed E-state index contributed by atoms with van der Waals surface area (Å²) in [5, 5.41) is 10.1. The molecule has 2 aromatic rings. The molecule has 0 amide bonds. The fourth-order valence-electron chi connectivity index (χ4n) is 7.96. The van der Waals surface area contributed by atoms with Crippen molar-refractivity contribution in [1.82, 2.24) is 14.9 Å². The zero-order valence-electron chi connectivity index (χ0n) is 23.8. The molecule has 3 saturated heterocycles. The molecule has 1 aliphatic carbocycles. The Morgan fingerprint density at radius 2 is 2.10 bits per heavy atom. The van der Waals surface area contributed by atoms with E-state index in [2.05, 4.69) is 28.9 Å². The molecule has 5 heterocycles. The van der Waals surface area contributed by atoms with E-state index < -0.39 is 11.8 Å². The Kier molecular flexibility index (Phi) is 6.80. The summed E-state index contributed by atoms with van der Waals surface area (Å²) in [5.41, 5.74) is 10.3. The van der Waals surface area contributed by atoms with Crippen molar-refractivity contribution in [3.8, 4) is 12.1 Å². The summed E-state index contributed by atoms with van der Waals surface area (Å²) < 4.78 is 33.4. The quantitative estimate of drug-likeness (QED) is 0.554. The van der Waals surface area contributed by atoms with E-state index in [-0.39, 0.29) is 5.54 Å². The maximum absolute atomic E-state index is 14.4. The number of fused-ring (bicyclic) bond motifs is 4. The van der Waals surface area contributed by atoms with Crippen molar-refractivity contribution >= 4 is 11.5 Å². The highest BCUT2D eigenvalue weighted by molar-refractivity contribution is 5.64. The molecule has 1 aromatic carbocycles. The van der Waals surface area contributed by atoms with Crippen molar-refractivity contribution in [2.45, 2.75) is 81.7 Å². The van der Waals surface area contributed by atoms with Crippen molar-refractivity contribution < 1.29 is 18.6 Å². The van der Waals surface area contributed by atoms with E-state index in [4.69, 9.17) is 29.9 Å². The maximum Gasteiger partial charge on any atom is 0.318 e. The summed E-state index contributed by atoms with van der Waals surface area (Å²) in [6, 6.07) is 6.61. The first-order chi connectivity index (χ1) is 19.9. The van der Waals surface area contributed by atoms with Crippen LogP contribution in [0, 0.1) is 11.3 Å². The molecule has 41 heavy (non-hydrogen) atoms. The molecular formula is C31H39FN6O3. The third-order valence-electron chi connectivity index (χ3n) is 10.1. The number of alkyl halides is 1. The molecule has 4 atom stereocenters. The summed E-state index contributed by atoms with van der Waals surface area (Å²) in [5.74, 6) is 1.14. The van der Waals surface area contributed by atoms with Crippen LogP contribution in [0.4, 0.5) is 15.9 Å². The molecule has 0 bridgehead atoms. The SMILES string of the molecule is C[C@H]1CC[C@]2(Cc3nc(OC[C@@]45CCCN4C[C@H](F)C5)nc(N4CCCOCC4)c3CO2)c2c1ccc(N)c2C#N. The number of aromatic nitrogens is 2. The van der Waals surface area contributed by atoms with Gasteiger partial charge in [-0.05, 0) is 56.2 Å². The van der Waals surface area contributed by atoms with Crippen LogP contribution in [0.15, 0.2) is 12.1 Å². The summed E-state index contributed by atoms with van der Waals surface area (Å²) in [7, 11) is 0. The zero-order valence-corrected chi connectivity index (χ0v) is 23.8. The number of nitriles is 1. The van der Waals surface area contributed by atoms with Gasteiger partial charge < -0.3 is 24.8 Å². The van der Waals surface area contributed by atoms with Crippen molar-refractivity contribution in [3.63, 3.8) is 0 Å². The van der Waals surface area contributed by atoms with E-state index in [1.54, 1.807) is 0 Å². The van der Waals surface area contributed by atoms with Gasteiger partial charge in [0.05, 0.1) is 30.0 Å². The lowest BCUT2D eigenvalue weighted by atomic mass is 9.69. The lowest BCUT2D eigenvalue weighted by Crippen LogP contribution is -2.44. The Labute approximate surface area is 240 Å². The average molecular weight is 563 g/mol. The maximum atomic E-state index is 14.4. The predicted octanol–water partition coefficient (Wildman–Crippen LogP) is 3.98. The van der Waals surface area contributed by atoms with Crippen LogP contribution in [0.25, 0.3) is 0 Å². The fourth-order valence-corrected chi connectivity index (χ4v) is 7.96. The smallest absolute Gasteiger partial charge is 0.318 e. The number of benzene rings is 1. The molecule has 0 unspecified atom stereocenters. The number of hydrogen-bond acceptors (Lipinski definition) is 9. The standard InChI is InChI=1S/C31H39FN6O3/c1-20-6-8-31(27-22(20)4-5-25(34)23(27)16-33)15-26-24(18-41-31)28(37-9-3-12-39-13-11-37)36-29(35-26)40-19-30-7-2-10-38(30)17-21(32)14-30/h4-5,20-21H,2-3,6-15,17-19,34H2,1H3/t20-,21+,30-,31-/m0/s1. The lowest BCUT2D eigenvalue weighted by molar-refractivity contribution is -0.0873. The molecule has 3 fully saturated rings. The number of ether oxygens (including phenoxy) is 3. The average Bonchev–Trinajstić information content (AvgIpc) is 3.35. The van der Waals surface area contributed by atoms with Gasteiger partial charge in [0.25, 0.3) is 0 Å². The summed E-state index contributed by atoms with van der Waals surface area (Å²) in [4.78, 5) is 14.5. The van der Waals surface area contributed by atoms with Crippen molar-refractivity contribution in [2.24, 2.45) is 0 Å². The van der Waals surface area contributed by atoms with Gasteiger partial charge in [-0.15, -0.1) is 0 Å². The van der Waals surface area contributed by atoms with Crippen LogP contribution >= 0.6 is 0 Å². The normalized spacial score (nSPS) is 31.3. The third kappa shape index (κ3) is 4.53. The van der Waals surface area contributed by atoms with E-state index in [1.165, 1.54) is 0 Å². The molecule has 218 valence electrons. The van der Waals surface area contributed by atoms with E-state index >= 15 is 0 Å². The molecule has 0 saturated carbocycles. The van der Waals surface area contributed by atoms with Crippen LogP contribution in [-0.4, -0.2) is 72.6 Å². The Morgan fingerprint density at radius 1 is 1.20 bits per heavy atom. The van der Waals surface area contributed by atoms with Crippen LogP contribution in [0.2, 0.25) is 0 Å². The highest BCUT2D eigenvalue weighted by Crippen LogP contribution is 2.51. The second kappa shape index (κ2) is 10.4. The van der Waals surface area contributed by atoms with Crippen LogP contribution in [0.3, 0.4) is 0 Å². The van der Waals surface area contributed by atoms with Gasteiger partial charge in [-0.1, -0.05) is 13.0 Å². The Morgan fingerprint density at radius 3 is 2.98 bits per heavy atom. The van der Waals surface area contributed by atoms with Gasteiger partial charge in [0.15, 0.2) is 0 Å². The van der Waals surface area contributed by atoms with Gasteiger partial charge in [0, 0.05) is 55.9 Å². The van der Waals surface area contributed by atoms with Gasteiger partial charge >= 0.3 is 6.01 Å². The van der Waals surface area contributed by atoms with Crippen LogP contribution < -0.4 is 15.4 Å². The molecule has 7 rings (SSSR count). The van der Waals surface area contributed by atoms with Crippen molar-refractivity contribution in [1.29, 1.82) is 5.26 Å². The predicted molar refractivity (Wildman–Crippen MR) is 152 cm³/mol. The first kappa shape index (κ1) is 26.9. The van der Waals surface area contributed by atoms with Crippen LogP contribution in [0.5, 0.6) is 6.01 Å². The topological polar surface area (TPSA) is 110 Å². The monoisotopic (exact) mass is 562 g/mol. The highest BCUT2D eigenvalue weighted by atomic mass is 19.1. The van der Waals surface area contributed by atoms with Gasteiger partial charge in [-0.25, -0.2) is 4.39 Å². The Bertz CT molecular complexity index is 1370. The van der Waals surface area contributed by atoms with Gasteiger partial charge in [-0.2, -0.15) is 15.2 Å². The van der Waals surface area contributed by atoms with E-state index in [9.17, 15) is 9.65 Å². The molecule has 10 heteroatoms. The van der Waals surface area contributed by atoms with Crippen LogP contribution in [-0.2, 0) is 28.1 Å². The molecule has 9 nitrogen and oxygen atoms in total. The molecule has 2 N–H and O–H groups in total. The number of rotatable bonds is 4. The van der Waals surface area contributed by atoms with E-state index in [1.807, 2.05) is 6.07 Å². The van der Waals surface area contributed by atoms with Crippen molar-refractivity contribution in [3.05, 3.63) is 40.1 Å². The number of anilines is 2. The van der Waals surface area contributed by atoms with Crippen molar-refractivity contribution in [2.75, 3.05) is 56.6 Å². The van der Waals surface area contributed by atoms with E-state index in [0.29, 0.717) is 62.4 Å². The zero-order chi connectivity index (χ0) is 28.2. The van der Waals surface area contributed by atoms with E-state index in [0.717, 1.165) is 86.5 Å². The molecule has 4 aliphatic heterocycles. The first-order valence-corrected chi connectivity index (χ1v) is 15.1. The summed E-state index contributed by atoms with van der Waals surface area (Å²) in [6.07, 6.45) is 4.82. The van der Waals surface area contributed by atoms with Crippen LogP contribution in [0.1, 0.15) is 79.3 Å². The Balaban J connectivity index is 1.28. The van der Waals surface area contributed by atoms with Gasteiger partial charge in [0.1, 0.15) is 30.3 Å². The second-order valence-electron chi connectivity index (χ2n) is 12.6. The molecule has 0 radical (unpaired) electrons. The number of hydrogen-bond donors (Lipinski definition) is 1. The minimum atomic E-state index is -0.816. The fraction of sp³-hybridized carbons (Fsp3) is 0.645. The Hall–Kier alpha value is -3.00. The minimum Gasteiger partial charge on any atom is -0.461 e. The molecule has 5 aliphatic rings. The molecule has 1 spiro atoms. The largest absolute Gasteiger partial charge is 0.461 e. The number of halogens is 1.